The molecule has 38 heavy (non-hydrogen) atoms. The summed E-state index contributed by atoms with van der Waals surface area (Å²) in [6.07, 6.45) is 9.71. The predicted octanol–water partition coefficient (Wildman–Crippen LogP) is 6.39. The molecule has 9 heteroatoms. The van der Waals surface area contributed by atoms with Crippen molar-refractivity contribution < 1.29 is 4.79 Å². The van der Waals surface area contributed by atoms with Crippen LogP contribution in [0.3, 0.4) is 0 Å². The fourth-order valence-corrected chi connectivity index (χ4v) is 5.86. The van der Waals surface area contributed by atoms with Crippen LogP contribution in [0.5, 0.6) is 0 Å². The van der Waals surface area contributed by atoms with Gasteiger partial charge in [-0.1, -0.05) is 53.5 Å². The zero-order chi connectivity index (χ0) is 26.6. The van der Waals surface area contributed by atoms with Gasteiger partial charge in [0.1, 0.15) is 0 Å². The first-order valence-corrected chi connectivity index (χ1v) is 13.5. The molecule has 2 unspecified atom stereocenters. The van der Waals surface area contributed by atoms with Crippen LogP contribution in [0.1, 0.15) is 76.0 Å². The Balaban J connectivity index is 1.39. The Kier molecular flexibility index (Phi) is 8.07. The summed E-state index contributed by atoms with van der Waals surface area (Å²) < 4.78 is 0. The Morgan fingerprint density at radius 3 is 2.71 bits per heavy atom. The van der Waals surface area contributed by atoms with Gasteiger partial charge in [0.2, 0.25) is 0 Å². The molecule has 2 atom stereocenters. The van der Waals surface area contributed by atoms with Crippen LogP contribution in [-0.4, -0.2) is 30.7 Å². The van der Waals surface area contributed by atoms with Gasteiger partial charge in [-0.3, -0.25) is 19.7 Å². The zero-order valence-electron chi connectivity index (χ0n) is 21.4. The van der Waals surface area contributed by atoms with E-state index in [2.05, 4.69) is 57.2 Å². The molecule has 0 radical (unpaired) electrons. The van der Waals surface area contributed by atoms with Crippen molar-refractivity contribution in [2.24, 2.45) is 0 Å². The van der Waals surface area contributed by atoms with Gasteiger partial charge in [0.05, 0.1) is 45.4 Å². The second kappa shape index (κ2) is 11.6. The molecule has 0 aliphatic heterocycles. The number of H-pyrrole nitrogens is 1. The van der Waals surface area contributed by atoms with E-state index in [0.717, 1.165) is 54.0 Å². The third-order valence-electron chi connectivity index (χ3n) is 7.22. The number of aromatic amines is 1. The van der Waals surface area contributed by atoms with Gasteiger partial charge in [-0.2, -0.15) is 0 Å². The minimum absolute atomic E-state index is 0.0820. The molecular formula is C29H30Cl2N6O. The van der Waals surface area contributed by atoms with E-state index in [1.54, 1.807) is 6.33 Å². The zero-order valence-corrected chi connectivity index (χ0v) is 22.9. The number of amides is 1. The van der Waals surface area contributed by atoms with Gasteiger partial charge in [-0.25, -0.2) is 4.98 Å². The summed E-state index contributed by atoms with van der Waals surface area (Å²) in [5, 5.41) is 3.38. The Bertz CT molecular complexity index is 1420. The lowest BCUT2D eigenvalue weighted by Crippen LogP contribution is -2.34. The quantitative estimate of drug-likeness (QED) is 0.266. The largest absolute Gasteiger partial charge is 0.348 e. The minimum Gasteiger partial charge on any atom is -0.348 e. The first-order valence-electron chi connectivity index (χ1n) is 12.8. The van der Waals surface area contributed by atoms with Gasteiger partial charge >= 0.3 is 0 Å². The highest BCUT2D eigenvalue weighted by Crippen LogP contribution is 2.39. The van der Waals surface area contributed by atoms with Gasteiger partial charge in [-0.05, 0) is 55.9 Å². The summed E-state index contributed by atoms with van der Waals surface area (Å²) in [7, 11) is 0. The second-order valence-corrected chi connectivity index (χ2v) is 10.5. The number of carbonyl (C=O) groups is 1. The van der Waals surface area contributed by atoms with E-state index < -0.39 is 0 Å². The second-order valence-electron chi connectivity index (χ2n) is 9.70. The number of halogens is 2. The number of carbonyl (C=O) groups excluding carboxylic acids is 1. The van der Waals surface area contributed by atoms with Crippen LogP contribution < -0.4 is 5.32 Å². The van der Waals surface area contributed by atoms with Crippen molar-refractivity contribution in [3.8, 4) is 0 Å². The van der Waals surface area contributed by atoms with Crippen LogP contribution in [0.2, 0.25) is 10.0 Å². The first-order chi connectivity index (χ1) is 18.4. The predicted molar refractivity (Wildman–Crippen MR) is 149 cm³/mol. The third kappa shape index (κ3) is 5.60. The maximum absolute atomic E-state index is 12.8. The summed E-state index contributed by atoms with van der Waals surface area (Å²) in [5.74, 6) is -0.332. The lowest BCUT2D eigenvalue weighted by molar-refractivity contribution is 0.0951. The number of rotatable bonds is 8. The van der Waals surface area contributed by atoms with Crippen molar-refractivity contribution in [1.29, 1.82) is 0 Å². The molecule has 4 aromatic rings. The SMILES string of the molecule is Cc1[nH]cnc1C(C)N(Cc1cccc(CNC(=O)c2c(Cl)cncc2Cl)c1)C1CCCc2cccnc21. The molecule has 1 amide bonds. The number of hydrogen-bond donors (Lipinski definition) is 2. The summed E-state index contributed by atoms with van der Waals surface area (Å²) in [5.41, 5.74) is 6.98. The molecule has 0 saturated heterocycles. The molecule has 196 valence electrons. The number of benzene rings is 1. The maximum atomic E-state index is 12.8. The normalized spacial score (nSPS) is 15.8. The van der Waals surface area contributed by atoms with E-state index in [0.29, 0.717) is 6.54 Å². The van der Waals surface area contributed by atoms with Crippen LogP contribution in [0.15, 0.2) is 61.3 Å². The Hall–Kier alpha value is -3.26. The average Bonchev–Trinajstić information content (AvgIpc) is 3.36. The number of aromatic nitrogens is 4. The van der Waals surface area contributed by atoms with Crippen molar-refractivity contribution in [2.45, 2.75) is 58.3 Å². The van der Waals surface area contributed by atoms with E-state index in [1.165, 1.54) is 18.0 Å². The molecule has 1 aliphatic rings. The lowest BCUT2D eigenvalue weighted by Gasteiger charge is -2.38. The molecule has 5 rings (SSSR count). The fourth-order valence-electron chi connectivity index (χ4n) is 5.32. The first kappa shape index (κ1) is 26.4. The number of fused-ring (bicyclic) bond motifs is 1. The molecule has 1 aliphatic carbocycles. The number of nitrogens with zero attached hydrogens (tertiary/aromatic N) is 4. The maximum Gasteiger partial charge on any atom is 0.254 e. The van der Waals surface area contributed by atoms with Crippen molar-refractivity contribution in [1.82, 2.24) is 30.2 Å². The highest BCUT2D eigenvalue weighted by molar-refractivity contribution is 6.39. The molecule has 0 bridgehead atoms. The van der Waals surface area contributed by atoms with E-state index in [-0.39, 0.29) is 33.6 Å². The van der Waals surface area contributed by atoms with E-state index >= 15 is 0 Å². The van der Waals surface area contributed by atoms with Gasteiger partial charge in [0.15, 0.2) is 0 Å². The van der Waals surface area contributed by atoms with Gasteiger partial charge in [-0.15, -0.1) is 0 Å². The van der Waals surface area contributed by atoms with Gasteiger partial charge in [0, 0.05) is 37.4 Å². The lowest BCUT2D eigenvalue weighted by atomic mass is 9.89. The smallest absolute Gasteiger partial charge is 0.254 e. The topological polar surface area (TPSA) is 86.8 Å². The Morgan fingerprint density at radius 2 is 1.95 bits per heavy atom. The van der Waals surface area contributed by atoms with Gasteiger partial charge < -0.3 is 10.3 Å². The molecular weight excluding hydrogens is 519 g/mol. The van der Waals surface area contributed by atoms with Crippen LogP contribution in [-0.2, 0) is 19.5 Å². The van der Waals surface area contributed by atoms with Crippen LogP contribution in [0.25, 0.3) is 0 Å². The van der Waals surface area contributed by atoms with Gasteiger partial charge in [0.25, 0.3) is 5.91 Å². The van der Waals surface area contributed by atoms with Crippen molar-refractivity contribution >= 4 is 29.1 Å². The molecule has 1 aromatic carbocycles. The highest BCUT2D eigenvalue weighted by atomic mass is 35.5. The summed E-state index contributed by atoms with van der Waals surface area (Å²) in [6, 6.07) is 12.8. The number of aryl methyl sites for hydroxylation is 2. The number of imidazole rings is 1. The van der Waals surface area contributed by atoms with E-state index in [9.17, 15) is 4.79 Å². The number of pyridine rings is 2. The third-order valence-corrected chi connectivity index (χ3v) is 7.79. The highest BCUT2D eigenvalue weighted by Gasteiger charge is 2.32. The summed E-state index contributed by atoms with van der Waals surface area (Å²) in [4.78, 5) is 31.9. The Labute approximate surface area is 232 Å². The number of nitrogens with one attached hydrogen (secondary N) is 2. The molecule has 0 saturated carbocycles. The molecule has 0 fully saturated rings. The van der Waals surface area contributed by atoms with Crippen molar-refractivity contribution in [2.75, 3.05) is 0 Å². The van der Waals surface area contributed by atoms with Crippen LogP contribution >= 0.6 is 23.2 Å². The molecule has 7 nitrogen and oxygen atoms in total. The van der Waals surface area contributed by atoms with E-state index in [4.69, 9.17) is 28.2 Å². The standard InChI is InChI=1S/C29H30Cl2N6O/c1-18-27(36-17-35-18)19(2)37(25-10-4-8-22-9-5-11-33-28(22)25)16-21-7-3-6-20(12-21)13-34-29(38)26-23(30)14-32-15-24(26)31/h3,5-7,9,11-12,14-15,17,19,25H,4,8,10,13,16H2,1-2H3,(H,34,38)(H,35,36). The molecule has 3 aromatic heterocycles. The van der Waals surface area contributed by atoms with E-state index in [1.807, 2.05) is 24.4 Å². The molecule has 3 heterocycles. The Morgan fingerprint density at radius 1 is 1.16 bits per heavy atom. The summed E-state index contributed by atoms with van der Waals surface area (Å²) >= 11 is 12.3. The van der Waals surface area contributed by atoms with Crippen LogP contribution in [0.4, 0.5) is 0 Å². The average molecular weight is 550 g/mol. The van der Waals surface area contributed by atoms with Crippen molar-refractivity contribution in [3.05, 3.63) is 111 Å². The number of hydrogen-bond acceptors (Lipinski definition) is 5. The molecule has 0 spiro atoms. The summed E-state index contributed by atoms with van der Waals surface area (Å²) in [6.45, 7) is 5.35. The van der Waals surface area contributed by atoms with Crippen molar-refractivity contribution in [3.63, 3.8) is 0 Å². The fraction of sp³-hybridized carbons (Fsp3) is 0.310. The minimum atomic E-state index is -0.332. The monoisotopic (exact) mass is 548 g/mol. The van der Waals surface area contributed by atoms with Crippen LogP contribution in [0, 0.1) is 6.92 Å². The molecule has 2 N–H and O–H groups in total.